The minimum atomic E-state index is -1.37. The number of aliphatic hydroxyl groups is 1. The van der Waals surface area contributed by atoms with Crippen molar-refractivity contribution >= 4 is 17.6 Å². The first-order valence-corrected chi connectivity index (χ1v) is 6.18. The molecule has 98 valence electrons. The lowest BCUT2D eigenvalue weighted by Gasteiger charge is -2.15. The quantitative estimate of drug-likeness (QED) is 0.835. The fourth-order valence-corrected chi connectivity index (χ4v) is 1.85. The topological polar surface area (TPSA) is 55.8 Å². The summed E-state index contributed by atoms with van der Waals surface area (Å²) in [5, 5.41) is 10.2. The van der Waals surface area contributed by atoms with E-state index in [0.29, 0.717) is 28.9 Å². The van der Waals surface area contributed by atoms with Crippen molar-refractivity contribution in [1.29, 1.82) is 0 Å². The van der Waals surface area contributed by atoms with Gasteiger partial charge in [0.05, 0.1) is 18.7 Å². The van der Waals surface area contributed by atoms with Gasteiger partial charge in [-0.25, -0.2) is 4.79 Å². The number of para-hydroxylation sites is 1. The molecule has 0 aromatic heterocycles. The van der Waals surface area contributed by atoms with Gasteiger partial charge in [0.25, 0.3) is 0 Å². The van der Waals surface area contributed by atoms with Crippen LogP contribution >= 0.6 is 11.6 Å². The zero-order chi connectivity index (χ0) is 13.1. The van der Waals surface area contributed by atoms with Crippen LogP contribution in [0, 0.1) is 5.92 Å². The molecule has 0 amide bonds. The van der Waals surface area contributed by atoms with Crippen molar-refractivity contribution in [3.63, 3.8) is 0 Å². The molecule has 0 heterocycles. The lowest BCUT2D eigenvalue weighted by Crippen LogP contribution is -2.15. The molecule has 5 heteroatoms. The van der Waals surface area contributed by atoms with Crippen LogP contribution in [0.25, 0.3) is 0 Å². The van der Waals surface area contributed by atoms with E-state index in [9.17, 15) is 9.90 Å². The van der Waals surface area contributed by atoms with E-state index in [1.807, 2.05) is 0 Å². The van der Waals surface area contributed by atoms with Gasteiger partial charge in [0.15, 0.2) is 6.10 Å². The van der Waals surface area contributed by atoms with Crippen LogP contribution in [0.2, 0.25) is 5.02 Å². The Kier molecular flexibility index (Phi) is 4.09. The van der Waals surface area contributed by atoms with Crippen molar-refractivity contribution in [2.24, 2.45) is 5.92 Å². The summed E-state index contributed by atoms with van der Waals surface area (Å²) in [6.45, 7) is 0.560. The Hall–Kier alpha value is -1.26. The first kappa shape index (κ1) is 13.2. The number of rotatable bonds is 5. The Morgan fingerprint density at radius 2 is 2.28 bits per heavy atom. The number of carbonyl (C=O) groups excluding carboxylic acids is 1. The molecule has 1 aromatic carbocycles. The van der Waals surface area contributed by atoms with Crippen molar-refractivity contribution in [3.8, 4) is 5.75 Å². The molecule has 1 aliphatic carbocycles. The van der Waals surface area contributed by atoms with E-state index in [1.54, 1.807) is 18.2 Å². The average Bonchev–Trinajstić information content (AvgIpc) is 3.19. The summed E-state index contributed by atoms with van der Waals surface area (Å²) >= 11 is 6.04. The molecule has 0 radical (unpaired) electrons. The van der Waals surface area contributed by atoms with E-state index < -0.39 is 12.1 Å². The first-order valence-electron chi connectivity index (χ1n) is 5.80. The fraction of sp³-hybridized carbons (Fsp3) is 0.462. The van der Waals surface area contributed by atoms with Crippen molar-refractivity contribution in [1.82, 2.24) is 0 Å². The summed E-state index contributed by atoms with van der Waals surface area (Å²) in [6.07, 6.45) is 0.932. The van der Waals surface area contributed by atoms with Crippen LogP contribution in [-0.4, -0.2) is 24.8 Å². The second-order valence-corrected chi connectivity index (χ2v) is 4.75. The molecule has 1 fully saturated rings. The van der Waals surface area contributed by atoms with E-state index >= 15 is 0 Å². The molecule has 2 rings (SSSR count). The molecule has 0 spiro atoms. The Morgan fingerprint density at radius 3 is 2.89 bits per heavy atom. The average molecular weight is 271 g/mol. The van der Waals surface area contributed by atoms with Gasteiger partial charge < -0.3 is 14.6 Å². The largest absolute Gasteiger partial charge is 0.491 e. The number of halogens is 1. The summed E-state index contributed by atoms with van der Waals surface area (Å²) in [7, 11) is 1.22. The SMILES string of the molecule is COC(=O)C(O)c1cccc(Cl)c1OCC1CC1. The molecule has 0 aliphatic heterocycles. The Balaban J connectivity index is 2.21. The van der Waals surface area contributed by atoms with Crippen molar-refractivity contribution in [2.45, 2.75) is 18.9 Å². The number of esters is 1. The molecule has 1 atom stereocenters. The van der Waals surface area contributed by atoms with E-state index in [1.165, 1.54) is 7.11 Å². The monoisotopic (exact) mass is 270 g/mol. The lowest BCUT2D eigenvalue weighted by molar-refractivity contribution is -0.150. The molecule has 1 aliphatic rings. The maximum atomic E-state index is 11.4. The molecule has 1 unspecified atom stereocenters. The Labute approximate surface area is 110 Å². The first-order chi connectivity index (χ1) is 8.63. The molecule has 1 aromatic rings. The highest BCUT2D eigenvalue weighted by Gasteiger charge is 2.26. The van der Waals surface area contributed by atoms with Gasteiger partial charge in [-0.1, -0.05) is 23.7 Å². The van der Waals surface area contributed by atoms with Gasteiger partial charge in [-0.05, 0) is 24.8 Å². The van der Waals surface area contributed by atoms with Crippen LogP contribution in [0.15, 0.2) is 18.2 Å². The third-order valence-electron chi connectivity index (χ3n) is 2.88. The number of methoxy groups -OCH3 is 1. The Morgan fingerprint density at radius 1 is 1.56 bits per heavy atom. The summed E-state index contributed by atoms with van der Waals surface area (Å²) in [4.78, 5) is 11.4. The van der Waals surface area contributed by atoms with Gasteiger partial charge in [-0.15, -0.1) is 0 Å². The maximum Gasteiger partial charge on any atom is 0.339 e. The normalized spacial score (nSPS) is 16.2. The van der Waals surface area contributed by atoms with Gasteiger partial charge in [-0.3, -0.25) is 0 Å². The number of carbonyl (C=O) groups is 1. The minimum Gasteiger partial charge on any atom is -0.491 e. The lowest BCUT2D eigenvalue weighted by atomic mass is 10.1. The van der Waals surface area contributed by atoms with Crippen LogP contribution in [0.1, 0.15) is 24.5 Å². The highest BCUT2D eigenvalue weighted by Crippen LogP contribution is 2.36. The summed E-state index contributed by atoms with van der Waals surface area (Å²) in [5.41, 5.74) is 0.343. The second-order valence-electron chi connectivity index (χ2n) is 4.34. The molecule has 1 saturated carbocycles. The van der Waals surface area contributed by atoms with E-state index in [0.717, 1.165) is 12.8 Å². The van der Waals surface area contributed by atoms with Crippen LogP contribution in [0.4, 0.5) is 0 Å². The smallest absolute Gasteiger partial charge is 0.339 e. The number of ether oxygens (including phenoxy) is 2. The van der Waals surface area contributed by atoms with Gasteiger partial charge in [-0.2, -0.15) is 0 Å². The summed E-state index contributed by atoms with van der Waals surface area (Å²) in [6, 6.07) is 4.93. The fourth-order valence-electron chi connectivity index (χ4n) is 1.62. The third-order valence-corrected chi connectivity index (χ3v) is 3.17. The number of hydrogen-bond donors (Lipinski definition) is 1. The number of aliphatic hydroxyl groups excluding tert-OH is 1. The highest BCUT2D eigenvalue weighted by molar-refractivity contribution is 6.32. The second kappa shape index (κ2) is 5.59. The summed E-state index contributed by atoms with van der Waals surface area (Å²) < 4.78 is 10.1. The van der Waals surface area contributed by atoms with Crippen LogP contribution in [0.3, 0.4) is 0 Å². The molecule has 4 nitrogen and oxygen atoms in total. The van der Waals surface area contributed by atoms with Crippen LogP contribution in [-0.2, 0) is 9.53 Å². The van der Waals surface area contributed by atoms with Gasteiger partial charge >= 0.3 is 5.97 Å². The molecule has 1 N–H and O–H groups in total. The van der Waals surface area contributed by atoms with Crippen LogP contribution in [0.5, 0.6) is 5.75 Å². The zero-order valence-electron chi connectivity index (χ0n) is 10.1. The molecule has 18 heavy (non-hydrogen) atoms. The number of benzene rings is 1. The van der Waals surface area contributed by atoms with E-state index in [4.69, 9.17) is 16.3 Å². The van der Waals surface area contributed by atoms with Gasteiger partial charge in [0.2, 0.25) is 0 Å². The molecule has 0 saturated heterocycles. The minimum absolute atomic E-state index is 0.343. The Bertz CT molecular complexity index is 443. The predicted octanol–water partition coefficient (Wildman–Crippen LogP) is 2.34. The predicted molar refractivity (Wildman–Crippen MR) is 66.6 cm³/mol. The summed E-state index contributed by atoms with van der Waals surface area (Å²) in [5.74, 6) is 0.196. The standard InChI is InChI=1S/C13H15ClO4/c1-17-13(16)11(15)9-3-2-4-10(14)12(9)18-7-8-5-6-8/h2-4,8,11,15H,5-7H2,1H3. The van der Waals surface area contributed by atoms with Crippen molar-refractivity contribution in [2.75, 3.05) is 13.7 Å². The van der Waals surface area contributed by atoms with Crippen molar-refractivity contribution in [3.05, 3.63) is 28.8 Å². The van der Waals surface area contributed by atoms with Crippen LogP contribution < -0.4 is 4.74 Å². The molecular formula is C13H15ClO4. The number of hydrogen-bond acceptors (Lipinski definition) is 4. The molecular weight excluding hydrogens is 256 g/mol. The van der Waals surface area contributed by atoms with Crippen molar-refractivity contribution < 1.29 is 19.4 Å². The van der Waals surface area contributed by atoms with E-state index in [2.05, 4.69) is 4.74 Å². The third kappa shape index (κ3) is 2.94. The zero-order valence-corrected chi connectivity index (χ0v) is 10.8. The maximum absolute atomic E-state index is 11.4. The highest BCUT2D eigenvalue weighted by atomic mass is 35.5. The van der Waals surface area contributed by atoms with E-state index in [-0.39, 0.29) is 0 Å². The van der Waals surface area contributed by atoms with Gasteiger partial charge in [0.1, 0.15) is 5.75 Å². The van der Waals surface area contributed by atoms with Gasteiger partial charge in [0, 0.05) is 5.56 Å². The molecule has 0 bridgehead atoms.